The number of aliphatic hydroxyl groups excluding tert-OH is 2. The molecule has 90 valence electrons. The molecule has 0 amide bonds. The second kappa shape index (κ2) is 5.31. The molecule has 0 fully saturated rings. The Bertz CT molecular complexity index is 455. The van der Waals surface area contributed by atoms with Gasteiger partial charge in [0.25, 0.3) is 0 Å². The molecule has 2 N–H and O–H groups in total. The average Bonchev–Trinajstić information content (AvgIpc) is 2.91. The molecule has 1 aromatic heterocycles. The zero-order valence-electron chi connectivity index (χ0n) is 8.95. The number of rotatable bonds is 4. The van der Waals surface area contributed by atoms with Gasteiger partial charge in [0.1, 0.15) is 6.10 Å². The van der Waals surface area contributed by atoms with Gasteiger partial charge in [0.15, 0.2) is 5.76 Å². The molecule has 4 nitrogen and oxygen atoms in total. The second-order valence-electron chi connectivity index (χ2n) is 3.67. The Morgan fingerprint density at radius 3 is 2.41 bits per heavy atom. The van der Waals surface area contributed by atoms with Crippen LogP contribution in [0.3, 0.4) is 0 Å². The lowest BCUT2D eigenvalue weighted by molar-refractivity contribution is 0.0327. The predicted octanol–water partition coefficient (Wildman–Crippen LogP) is 1.97. The van der Waals surface area contributed by atoms with Gasteiger partial charge in [0.05, 0.1) is 18.2 Å². The fourth-order valence-electron chi connectivity index (χ4n) is 1.52. The molecule has 0 bridgehead atoms. The molecule has 0 spiro atoms. The van der Waals surface area contributed by atoms with Gasteiger partial charge in [-0.05, 0) is 5.56 Å². The smallest absolute Gasteiger partial charge is 0.166 e. The summed E-state index contributed by atoms with van der Waals surface area (Å²) in [5.74, 6) is 0.648. The first-order chi connectivity index (χ1) is 8.22. The van der Waals surface area contributed by atoms with Crippen molar-refractivity contribution in [2.24, 2.45) is 0 Å². The number of halogens is 1. The predicted molar refractivity (Wildman–Crippen MR) is 63.6 cm³/mol. The zero-order valence-corrected chi connectivity index (χ0v) is 9.71. The number of aliphatic hydroxyl groups is 2. The van der Waals surface area contributed by atoms with Crippen molar-refractivity contribution in [1.29, 1.82) is 0 Å². The molecule has 1 aromatic carbocycles. The van der Waals surface area contributed by atoms with Crippen LogP contribution in [0.15, 0.2) is 41.1 Å². The molecule has 17 heavy (non-hydrogen) atoms. The van der Waals surface area contributed by atoms with Crippen molar-refractivity contribution in [3.8, 4) is 11.3 Å². The van der Waals surface area contributed by atoms with Crippen LogP contribution >= 0.6 is 11.6 Å². The van der Waals surface area contributed by atoms with E-state index in [1.54, 1.807) is 36.5 Å². The van der Waals surface area contributed by atoms with E-state index >= 15 is 0 Å². The number of nitrogens with zero attached hydrogens (tertiary/aromatic N) is 1. The summed E-state index contributed by atoms with van der Waals surface area (Å²) in [5, 5.41) is 22.8. The normalized spacial score (nSPS) is 14.5. The van der Waals surface area contributed by atoms with Crippen molar-refractivity contribution in [2.45, 2.75) is 12.2 Å². The van der Waals surface area contributed by atoms with Crippen LogP contribution in [0.4, 0.5) is 0 Å². The third-order valence-electron chi connectivity index (χ3n) is 2.50. The van der Waals surface area contributed by atoms with Crippen LogP contribution in [-0.4, -0.2) is 27.4 Å². The van der Waals surface area contributed by atoms with Gasteiger partial charge in [-0.15, -0.1) is 11.6 Å². The van der Waals surface area contributed by atoms with Crippen molar-refractivity contribution in [2.75, 3.05) is 5.88 Å². The zero-order chi connectivity index (χ0) is 12.3. The van der Waals surface area contributed by atoms with Crippen molar-refractivity contribution < 1.29 is 14.7 Å². The third kappa shape index (κ3) is 2.66. The van der Waals surface area contributed by atoms with Crippen LogP contribution in [0.25, 0.3) is 11.3 Å². The van der Waals surface area contributed by atoms with E-state index in [9.17, 15) is 10.2 Å². The molecule has 0 aliphatic carbocycles. The van der Waals surface area contributed by atoms with Crippen molar-refractivity contribution in [3.63, 3.8) is 0 Å². The lowest BCUT2D eigenvalue weighted by Crippen LogP contribution is -2.19. The summed E-state index contributed by atoms with van der Waals surface area (Å²) in [6.45, 7) is 0. The summed E-state index contributed by atoms with van der Waals surface area (Å²) in [6, 6.07) is 8.77. The molecule has 0 radical (unpaired) electrons. The molecular weight excluding hydrogens is 242 g/mol. The summed E-state index contributed by atoms with van der Waals surface area (Å²) < 4.78 is 5.01. The average molecular weight is 254 g/mol. The molecule has 2 rings (SSSR count). The molecule has 0 saturated carbocycles. The van der Waals surface area contributed by atoms with Gasteiger partial charge in [-0.1, -0.05) is 29.4 Å². The number of hydrogen-bond acceptors (Lipinski definition) is 4. The fourth-order valence-corrected chi connectivity index (χ4v) is 1.68. The van der Waals surface area contributed by atoms with Crippen LogP contribution in [0.5, 0.6) is 0 Å². The lowest BCUT2D eigenvalue weighted by atomic mass is 10.0. The Hall–Kier alpha value is -1.36. The monoisotopic (exact) mass is 253 g/mol. The van der Waals surface area contributed by atoms with E-state index in [4.69, 9.17) is 16.1 Å². The summed E-state index contributed by atoms with van der Waals surface area (Å²) in [7, 11) is 0. The molecular formula is C12H12ClNO3. The Labute approximate surface area is 103 Å². The maximum atomic E-state index is 9.74. The molecule has 2 atom stereocenters. The molecule has 0 aliphatic rings. The largest absolute Gasteiger partial charge is 0.389 e. The minimum atomic E-state index is -0.976. The van der Waals surface area contributed by atoms with E-state index in [0.717, 1.165) is 5.56 Å². The maximum Gasteiger partial charge on any atom is 0.166 e. The van der Waals surface area contributed by atoms with E-state index < -0.39 is 12.2 Å². The van der Waals surface area contributed by atoms with Gasteiger partial charge < -0.3 is 14.7 Å². The van der Waals surface area contributed by atoms with E-state index in [1.807, 2.05) is 0 Å². The van der Waals surface area contributed by atoms with E-state index in [0.29, 0.717) is 11.3 Å². The first-order valence-electron chi connectivity index (χ1n) is 5.15. The highest BCUT2D eigenvalue weighted by Crippen LogP contribution is 2.23. The number of aromatic nitrogens is 1. The highest BCUT2D eigenvalue weighted by molar-refractivity contribution is 6.18. The molecule has 0 saturated heterocycles. The van der Waals surface area contributed by atoms with Crippen molar-refractivity contribution in [1.82, 2.24) is 5.16 Å². The molecule has 2 unspecified atom stereocenters. The molecule has 0 aliphatic heterocycles. The Kier molecular flexibility index (Phi) is 3.78. The van der Waals surface area contributed by atoms with Gasteiger partial charge in [-0.3, -0.25) is 0 Å². The fraction of sp³-hybridized carbons (Fsp3) is 0.250. The first-order valence-corrected chi connectivity index (χ1v) is 5.69. The van der Waals surface area contributed by atoms with Crippen LogP contribution in [0, 0.1) is 0 Å². The third-order valence-corrected chi connectivity index (χ3v) is 2.81. The van der Waals surface area contributed by atoms with E-state index in [1.165, 1.54) is 0 Å². The summed E-state index contributed by atoms with van der Waals surface area (Å²) >= 11 is 5.48. The minimum Gasteiger partial charge on any atom is -0.389 e. The van der Waals surface area contributed by atoms with Crippen LogP contribution in [0.1, 0.15) is 11.7 Å². The van der Waals surface area contributed by atoms with Crippen LogP contribution < -0.4 is 0 Å². The van der Waals surface area contributed by atoms with Gasteiger partial charge >= 0.3 is 0 Å². The second-order valence-corrected chi connectivity index (χ2v) is 3.97. The van der Waals surface area contributed by atoms with Gasteiger partial charge in [0, 0.05) is 11.6 Å². The molecule has 5 heteroatoms. The van der Waals surface area contributed by atoms with Crippen molar-refractivity contribution in [3.05, 3.63) is 42.1 Å². The summed E-state index contributed by atoms with van der Waals surface area (Å²) in [4.78, 5) is 0. The maximum absolute atomic E-state index is 9.74. The van der Waals surface area contributed by atoms with Gasteiger partial charge in [-0.2, -0.15) is 0 Å². The van der Waals surface area contributed by atoms with Crippen LogP contribution in [0.2, 0.25) is 0 Å². The highest BCUT2D eigenvalue weighted by atomic mass is 35.5. The Balaban J connectivity index is 2.18. The minimum absolute atomic E-state index is 0.00891. The molecule has 2 aromatic rings. The topological polar surface area (TPSA) is 66.5 Å². The molecule has 1 heterocycles. The SMILES string of the molecule is OC(CCl)C(O)c1ccc(-c2ccno2)cc1. The standard InChI is InChI=1S/C12H12ClNO3/c13-7-10(15)12(16)9-3-1-8(2-4-9)11-5-6-14-17-11/h1-6,10,12,15-16H,7H2. The van der Waals surface area contributed by atoms with E-state index in [-0.39, 0.29) is 5.88 Å². The van der Waals surface area contributed by atoms with Gasteiger partial charge in [0.2, 0.25) is 0 Å². The highest BCUT2D eigenvalue weighted by Gasteiger charge is 2.17. The quantitative estimate of drug-likeness (QED) is 0.818. The lowest BCUT2D eigenvalue weighted by Gasteiger charge is -2.15. The van der Waals surface area contributed by atoms with Gasteiger partial charge in [-0.25, -0.2) is 0 Å². The summed E-state index contributed by atoms with van der Waals surface area (Å²) in [5.41, 5.74) is 1.47. The number of alkyl halides is 1. The summed E-state index contributed by atoms with van der Waals surface area (Å²) in [6.07, 6.45) is -0.376. The van der Waals surface area contributed by atoms with E-state index in [2.05, 4.69) is 5.16 Å². The Morgan fingerprint density at radius 1 is 1.18 bits per heavy atom. The number of hydrogen-bond donors (Lipinski definition) is 2. The Morgan fingerprint density at radius 2 is 1.88 bits per heavy atom. The number of benzene rings is 1. The van der Waals surface area contributed by atoms with Crippen LogP contribution in [-0.2, 0) is 0 Å². The first kappa shape index (κ1) is 12.1. The van der Waals surface area contributed by atoms with Crippen molar-refractivity contribution >= 4 is 11.6 Å².